The van der Waals surface area contributed by atoms with Crippen molar-refractivity contribution in [3.8, 4) is 0 Å². The highest BCUT2D eigenvalue weighted by molar-refractivity contribution is 7.98. The number of carbonyl (C=O) groups is 1. The maximum absolute atomic E-state index is 10.8. The molecule has 2 aromatic rings. The van der Waals surface area contributed by atoms with Gasteiger partial charge in [-0.3, -0.25) is 0 Å². The molecule has 0 aliphatic carbocycles. The Morgan fingerprint density at radius 3 is 2.83 bits per heavy atom. The zero-order chi connectivity index (χ0) is 13.1. The molecule has 0 unspecified atom stereocenters. The number of carboxylic acid groups (broad SMARTS) is 1. The molecule has 6 heteroatoms. The summed E-state index contributed by atoms with van der Waals surface area (Å²) in [4.78, 5) is 15.0. The quantitative estimate of drug-likeness (QED) is 0.856. The number of benzene rings is 1. The topological polar surface area (TPSA) is 68.0 Å². The second-order valence-electron chi connectivity index (χ2n) is 3.90. The van der Waals surface area contributed by atoms with Gasteiger partial charge in [-0.2, -0.15) is 5.10 Å². The molecule has 0 aliphatic heterocycles. The van der Waals surface area contributed by atoms with E-state index in [4.69, 9.17) is 5.11 Å². The van der Waals surface area contributed by atoms with Crippen molar-refractivity contribution in [1.29, 1.82) is 0 Å². The number of thioether (sulfide) groups is 1. The lowest BCUT2D eigenvalue weighted by Gasteiger charge is -2.06. The minimum atomic E-state index is -0.898. The molecule has 0 bridgehead atoms. The first-order valence-corrected chi connectivity index (χ1v) is 6.36. The van der Waals surface area contributed by atoms with Crippen LogP contribution in [0.25, 0.3) is 0 Å². The van der Waals surface area contributed by atoms with Crippen LogP contribution in [0.4, 0.5) is 0 Å². The summed E-state index contributed by atoms with van der Waals surface area (Å²) in [6.07, 6.45) is 1.52. The zero-order valence-electron chi connectivity index (χ0n) is 10.1. The third kappa shape index (κ3) is 2.70. The van der Waals surface area contributed by atoms with Gasteiger partial charge in [0.1, 0.15) is 6.33 Å². The summed E-state index contributed by atoms with van der Waals surface area (Å²) in [6.45, 7) is 1.92. The summed E-state index contributed by atoms with van der Waals surface area (Å²) in [7, 11) is 1.84. The number of nitrogens with zero attached hydrogens (tertiary/aromatic N) is 3. The number of hydrogen-bond donors (Lipinski definition) is 1. The Kier molecular flexibility index (Phi) is 3.66. The summed E-state index contributed by atoms with van der Waals surface area (Å²) in [5.41, 5.74) is 2.40. The average molecular weight is 263 g/mol. The van der Waals surface area contributed by atoms with Crippen LogP contribution < -0.4 is 0 Å². The standard InChI is InChI=1S/C12H13N3O2S/c1-8-5-9(11(16)17)3-4-10(8)6-18-12-13-7-14-15(12)2/h3-5,7H,6H2,1-2H3,(H,16,17). The monoisotopic (exact) mass is 263 g/mol. The highest BCUT2D eigenvalue weighted by atomic mass is 32.2. The van der Waals surface area contributed by atoms with Crippen molar-refractivity contribution in [1.82, 2.24) is 14.8 Å². The van der Waals surface area contributed by atoms with Gasteiger partial charge in [0, 0.05) is 12.8 Å². The fourth-order valence-corrected chi connectivity index (χ4v) is 2.51. The normalized spacial score (nSPS) is 10.6. The smallest absolute Gasteiger partial charge is 0.335 e. The number of aromatic nitrogens is 3. The van der Waals surface area contributed by atoms with E-state index in [1.54, 1.807) is 28.6 Å². The number of aromatic carboxylic acids is 1. The highest BCUT2D eigenvalue weighted by Gasteiger charge is 2.07. The molecule has 0 amide bonds. The van der Waals surface area contributed by atoms with E-state index in [2.05, 4.69) is 10.1 Å². The summed E-state index contributed by atoms with van der Waals surface area (Å²) in [5, 5.41) is 13.7. The zero-order valence-corrected chi connectivity index (χ0v) is 10.9. The fourth-order valence-electron chi connectivity index (χ4n) is 1.55. The van der Waals surface area contributed by atoms with Crippen molar-refractivity contribution in [3.05, 3.63) is 41.2 Å². The molecule has 18 heavy (non-hydrogen) atoms. The SMILES string of the molecule is Cc1cc(C(=O)O)ccc1CSc1ncnn1C. The molecular formula is C12H13N3O2S. The van der Waals surface area contributed by atoms with Gasteiger partial charge in [0.2, 0.25) is 0 Å². The molecule has 0 saturated heterocycles. The molecule has 0 spiro atoms. The van der Waals surface area contributed by atoms with Gasteiger partial charge in [0.25, 0.3) is 0 Å². The molecule has 2 rings (SSSR count). The van der Waals surface area contributed by atoms with Gasteiger partial charge in [-0.1, -0.05) is 17.8 Å². The lowest BCUT2D eigenvalue weighted by Crippen LogP contribution is -1.99. The number of aryl methyl sites for hydroxylation is 2. The first-order valence-electron chi connectivity index (χ1n) is 5.37. The second kappa shape index (κ2) is 5.22. The van der Waals surface area contributed by atoms with Crippen molar-refractivity contribution in [3.63, 3.8) is 0 Å². The highest BCUT2D eigenvalue weighted by Crippen LogP contribution is 2.22. The van der Waals surface area contributed by atoms with E-state index in [-0.39, 0.29) is 0 Å². The van der Waals surface area contributed by atoms with Crippen LogP contribution in [0.3, 0.4) is 0 Å². The Morgan fingerprint density at radius 2 is 2.28 bits per heavy atom. The maximum Gasteiger partial charge on any atom is 0.335 e. The molecule has 0 atom stereocenters. The molecule has 1 N–H and O–H groups in total. The predicted molar refractivity (Wildman–Crippen MR) is 68.7 cm³/mol. The lowest BCUT2D eigenvalue weighted by atomic mass is 10.1. The van der Waals surface area contributed by atoms with Crippen molar-refractivity contribution in [2.24, 2.45) is 7.05 Å². The Hall–Kier alpha value is -1.82. The average Bonchev–Trinajstić information content (AvgIpc) is 2.73. The van der Waals surface area contributed by atoms with Gasteiger partial charge in [-0.05, 0) is 30.2 Å². The minimum absolute atomic E-state index is 0.319. The molecule has 0 fully saturated rings. The van der Waals surface area contributed by atoms with E-state index >= 15 is 0 Å². The second-order valence-corrected chi connectivity index (χ2v) is 4.84. The van der Waals surface area contributed by atoms with Gasteiger partial charge in [-0.25, -0.2) is 14.5 Å². The number of carboxylic acids is 1. The summed E-state index contributed by atoms with van der Waals surface area (Å²) in [5.74, 6) is -0.149. The fraction of sp³-hybridized carbons (Fsp3) is 0.250. The van der Waals surface area contributed by atoms with Crippen LogP contribution in [0.2, 0.25) is 0 Å². The summed E-state index contributed by atoms with van der Waals surface area (Å²) >= 11 is 1.58. The molecular weight excluding hydrogens is 250 g/mol. The van der Waals surface area contributed by atoms with E-state index in [9.17, 15) is 4.79 Å². The maximum atomic E-state index is 10.8. The van der Waals surface area contributed by atoms with Crippen molar-refractivity contribution in [2.75, 3.05) is 0 Å². The minimum Gasteiger partial charge on any atom is -0.478 e. The van der Waals surface area contributed by atoms with E-state index in [1.807, 2.05) is 20.0 Å². The third-order valence-corrected chi connectivity index (χ3v) is 3.70. The Balaban J connectivity index is 2.11. The van der Waals surface area contributed by atoms with Crippen LogP contribution in [-0.4, -0.2) is 25.8 Å². The lowest BCUT2D eigenvalue weighted by molar-refractivity contribution is 0.0697. The van der Waals surface area contributed by atoms with Crippen LogP contribution in [0, 0.1) is 6.92 Å². The third-order valence-electron chi connectivity index (χ3n) is 2.62. The van der Waals surface area contributed by atoms with E-state index in [1.165, 1.54) is 6.33 Å². The Bertz CT molecular complexity index is 580. The predicted octanol–water partition coefficient (Wildman–Crippen LogP) is 2.11. The van der Waals surface area contributed by atoms with Gasteiger partial charge < -0.3 is 5.11 Å². The molecule has 1 aromatic carbocycles. The number of rotatable bonds is 4. The van der Waals surface area contributed by atoms with Gasteiger partial charge in [0.05, 0.1) is 5.56 Å². The molecule has 1 heterocycles. The summed E-state index contributed by atoms with van der Waals surface area (Å²) < 4.78 is 1.71. The van der Waals surface area contributed by atoms with E-state index in [0.717, 1.165) is 22.0 Å². The van der Waals surface area contributed by atoms with Crippen LogP contribution >= 0.6 is 11.8 Å². The van der Waals surface area contributed by atoms with Crippen LogP contribution in [0.5, 0.6) is 0 Å². The molecule has 0 radical (unpaired) electrons. The van der Waals surface area contributed by atoms with Gasteiger partial charge in [0.15, 0.2) is 5.16 Å². The van der Waals surface area contributed by atoms with Crippen LogP contribution in [0.15, 0.2) is 29.7 Å². The van der Waals surface area contributed by atoms with E-state index < -0.39 is 5.97 Å². The number of hydrogen-bond acceptors (Lipinski definition) is 4. The molecule has 0 saturated carbocycles. The Morgan fingerprint density at radius 1 is 1.50 bits per heavy atom. The first kappa shape index (κ1) is 12.6. The van der Waals surface area contributed by atoms with Crippen molar-refractivity contribution >= 4 is 17.7 Å². The summed E-state index contributed by atoms with van der Waals surface area (Å²) in [6, 6.07) is 5.17. The molecule has 0 aliphatic rings. The van der Waals surface area contributed by atoms with Crippen molar-refractivity contribution < 1.29 is 9.90 Å². The molecule has 94 valence electrons. The first-order chi connectivity index (χ1) is 8.58. The largest absolute Gasteiger partial charge is 0.478 e. The Labute approximate surface area is 109 Å². The molecule has 5 nitrogen and oxygen atoms in total. The molecule has 1 aromatic heterocycles. The van der Waals surface area contributed by atoms with E-state index in [0.29, 0.717) is 5.56 Å². The van der Waals surface area contributed by atoms with Crippen LogP contribution in [-0.2, 0) is 12.8 Å². The van der Waals surface area contributed by atoms with Crippen molar-refractivity contribution in [2.45, 2.75) is 17.8 Å². The van der Waals surface area contributed by atoms with Gasteiger partial charge >= 0.3 is 5.97 Å². The van der Waals surface area contributed by atoms with Crippen LogP contribution in [0.1, 0.15) is 21.5 Å². The van der Waals surface area contributed by atoms with Gasteiger partial charge in [-0.15, -0.1) is 0 Å².